The van der Waals surface area contributed by atoms with Gasteiger partial charge in [0.2, 0.25) is 0 Å². The molecule has 1 fully saturated rings. The maximum atomic E-state index is 5.09. The highest BCUT2D eigenvalue weighted by Gasteiger charge is 2.17. The van der Waals surface area contributed by atoms with Gasteiger partial charge in [0.05, 0.1) is 6.61 Å². The predicted molar refractivity (Wildman–Crippen MR) is 82.1 cm³/mol. The van der Waals surface area contributed by atoms with Crippen LogP contribution in [0.3, 0.4) is 0 Å². The fourth-order valence-corrected chi connectivity index (χ4v) is 2.43. The summed E-state index contributed by atoms with van der Waals surface area (Å²) in [4.78, 5) is 9.16. The van der Waals surface area contributed by atoms with Crippen LogP contribution in [0.2, 0.25) is 0 Å². The molecule has 1 N–H and O–H groups in total. The van der Waals surface area contributed by atoms with Gasteiger partial charge < -0.3 is 15.0 Å². The van der Waals surface area contributed by atoms with Crippen molar-refractivity contribution in [2.24, 2.45) is 0 Å². The summed E-state index contributed by atoms with van der Waals surface area (Å²) in [5, 5.41) is 3.42. The molecule has 1 aliphatic heterocycles. The molecule has 0 unspecified atom stereocenters. The molecule has 5 heteroatoms. The quantitative estimate of drug-likeness (QED) is 0.839. The molecule has 1 aliphatic rings. The van der Waals surface area contributed by atoms with E-state index in [2.05, 4.69) is 39.2 Å². The van der Waals surface area contributed by atoms with Crippen LogP contribution < -0.4 is 10.2 Å². The number of aromatic nitrogens is 1. The number of piperazine rings is 1. The highest BCUT2D eigenvalue weighted by atomic mass is 16.5. The summed E-state index contributed by atoms with van der Waals surface area (Å²) in [6.07, 6.45) is 1.99. The fraction of sp³-hybridized carbons (Fsp3) is 0.667. The molecule has 0 bridgehead atoms. The van der Waals surface area contributed by atoms with E-state index in [0.29, 0.717) is 6.04 Å². The maximum absolute atomic E-state index is 5.09. The van der Waals surface area contributed by atoms with Crippen LogP contribution in [0.15, 0.2) is 18.3 Å². The normalized spacial score (nSPS) is 20.1. The monoisotopic (exact) mass is 278 g/mol. The average molecular weight is 278 g/mol. The van der Waals surface area contributed by atoms with E-state index in [1.165, 1.54) is 5.56 Å². The highest BCUT2D eigenvalue weighted by Crippen LogP contribution is 2.13. The molecular formula is C15H26N4O. The van der Waals surface area contributed by atoms with E-state index in [1.807, 2.05) is 13.2 Å². The van der Waals surface area contributed by atoms with Crippen molar-refractivity contribution in [1.82, 2.24) is 15.2 Å². The molecule has 1 aromatic heterocycles. The molecule has 112 valence electrons. The number of rotatable bonds is 6. The van der Waals surface area contributed by atoms with E-state index >= 15 is 0 Å². The number of pyridine rings is 1. The number of nitrogens with zero attached hydrogens (tertiary/aromatic N) is 3. The summed E-state index contributed by atoms with van der Waals surface area (Å²) in [5.41, 5.74) is 1.28. The minimum Gasteiger partial charge on any atom is -0.383 e. The molecule has 2 heterocycles. The summed E-state index contributed by atoms with van der Waals surface area (Å²) in [7, 11) is 3.76. The zero-order chi connectivity index (χ0) is 14.4. The lowest BCUT2D eigenvalue weighted by Crippen LogP contribution is -2.49. The zero-order valence-corrected chi connectivity index (χ0v) is 12.8. The van der Waals surface area contributed by atoms with Crippen LogP contribution in [-0.2, 0) is 11.3 Å². The van der Waals surface area contributed by atoms with Crippen LogP contribution in [0.5, 0.6) is 0 Å². The lowest BCUT2D eigenvalue weighted by molar-refractivity contribution is 0.165. The molecule has 5 nitrogen and oxygen atoms in total. The smallest absolute Gasteiger partial charge is 0.128 e. The predicted octanol–water partition coefficient (Wildman–Crippen LogP) is 0.958. The molecule has 0 spiro atoms. The van der Waals surface area contributed by atoms with Gasteiger partial charge in [-0.3, -0.25) is 4.90 Å². The van der Waals surface area contributed by atoms with E-state index in [9.17, 15) is 0 Å². The Morgan fingerprint density at radius 1 is 1.50 bits per heavy atom. The van der Waals surface area contributed by atoms with Crippen molar-refractivity contribution in [3.63, 3.8) is 0 Å². The van der Waals surface area contributed by atoms with Gasteiger partial charge in [0.25, 0.3) is 0 Å². The largest absolute Gasteiger partial charge is 0.383 e. The summed E-state index contributed by atoms with van der Waals surface area (Å²) >= 11 is 0. The van der Waals surface area contributed by atoms with Crippen molar-refractivity contribution in [2.75, 3.05) is 51.8 Å². The Balaban J connectivity index is 1.90. The molecule has 2 rings (SSSR count). The molecule has 0 amide bonds. The topological polar surface area (TPSA) is 40.6 Å². The SMILES string of the molecule is COCCN(C)c1ccc(CN2CCNC[C@H]2C)cn1. The minimum atomic E-state index is 0.591. The molecule has 1 atom stereocenters. The number of hydrogen-bond donors (Lipinski definition) is 1. The Bertz CT molecular complexity index is 395. The number of ether oxygens (including phenoxy) is 1. The van der Waals surface area contributed by atoms with Crippen LogP contribution in [-0.4, -0.2) is 62.9 Å². The number of nitrogens with one attached hydrogen (secondary N) is 1. The number of methoxy groups -OCH3 is 1. The molecule has 0 aromatic carbocycles. The first-order valence-corrected chi connectivity index (χ1v) is 7.30. The Labute approximate surface area is 121 Å². The fourth-order valence-electron chi connectivity index (χ4n) is 2.43. The minimum absolute atomic E-state index is 0.591. The summed E-state index contributed by atoms with van der Waals surface area (Å²) < 4.78 is 5.09. The van der Waals surface area contributed by atoms with Gasteiger partial charge in [-0.1, -0.05) is 6.07 Å². The van der Waals surface area contributed by atoms with Crippen LogP contribution in [0.25, 0.3) is 0 Å². The first-order valence-electron chi connectivity index (χ1n) is 7.30. The molecule has 1 aromatic rings. The van der Waals surface area contributed by atoms with Crippen molar-refractivity contribution in [3.05, 3.63) is 23.9 Å². The van der Waals surface area contributed by atoms with Gasteiger partial charge in [-0.2, -0.15) is 0 Å². The second-order valence-electron chi connectivity index (χ2n) is 5.46. The number of anilines is 1. The first kappa shape index (κ1) is 15.2. The van der Waals surface area contributed by atoms with Gasteiger partial charge in [0.15, 0.2) is 0 Å². The summed E-state index contributed by atoms with van der Waals surface area (Å²) in [5.74, 6) is 0.999. The van der Waals surface area contributed by atoms with Crippen molar-refractivity contribution in [2.45, 2.75) is 19.5 Å². The Morgan fingerprint density at radius 3 is 3.00 bits per heavy atom. The molecule has 1 saturated heterocycles. The van der Waals surface area contributed by atoms with Crippen LogP contribution >= 0.6 is 0 Å². The van der Waals surface area contributed by atoms with Gasteiger partial charge in [-0.05, 0) is 18.6 Å². The van der Waals surface area contributed by atoms with Crippen LogP contribution in [0.1, 0.15) is 12.5 Å². The maximum Gasteiger partial charge on any atom is 0.128 e. The van der Waals surface area contributed by atoms with Gasteiger partial charge in [-0.15, -0.1) is 0 Å². The molecule has 0 aliphatic carbocycles. The molecular weight excluding hydrogens is 252 g/mol. The standard InChI is InChI=1S/C15H26N4O/c1-13-10-16-6-7-19(13)12-14-4-5-15(17-11-14)18(2)8-9-20-3/h4-5,11,13,16H,6-10,12H2,1-3H3/t13-/m1/s1. The third kappa shape index (κ3) is 4.16. The molecule has 20 heavy (non-hydrogen) atoms. The third-order valence-electron chi connectivity index (χ3n) is 3.86. The van der Waals surface area contributed by atoms with Gasteiger partial charge in [0, 0.05) is 59.1 Å². The second kappa shape index (κ2) is 7.57. The molecule has 0 radical (unpaired) electrons. The second-order valence-corrected chi connectivity index (χ2v) is 5.46. The number of hydrogen-bond acceptors (Lipinski definition) is 5. The van der Waals surface area contributed by atoms with Crippen LogP contribution in [0, 0.1) is 0 Å². The first-order chi connectivity index (χ1) is 9.70. The number of likely N-dealkylation sites (N-methyl/N-ethyl adjacent to an activating group) is 1. The lowest BCUT2D eigenvalue weighted by atomic mass is 10.2. The summed E-state index contributed by atoms with van der Waals surface area (Å²) in [6.45, 7) is 8.10. The highest BCUT2D eigenvalue weighted by molar-refractivity contribution is 5.38. The summed E-state index contributed by atoms with van der Waals surface area (Å²) in [6, 6.07) is 4.87. The van der Waals surface area contributed by atoms with Gasteiger partial charge >= 0.3 is 0 Å². The Hall–Kier alpha value is -1.17. The Kier molecular flexibility index (Phi) is 5.76. The van der Waals surface area contributed by atoms with Crippen molar-refractivity contribution in [1.29, 1.82) is 0 Å². The Morgan fingerprint density at radius 2 is 2.35 bits per heavy atom. The van der Waals surface area contributed by atoms with Crippen molar-refractivity contribution < 1.29 is 4.74 Å². The van der Waals surface area contributed by atoms with Gasteiger partial charge in [-0.25, -0.2) is 4.98 Å². The van der Waals surface area contributed by atoms with Crippen molar-refractivity contribution >= 4 is 5.82 Å². The third-order valence-corrected chi connectivity index (χ3v) is 3.86. The van der Waals surface area contributed by atoms with Crippen LogP contribution in [0.4, 0.5) is 5.82 Å². The molecule has 0 saturated carbocycles. The van der Waals surface area contributed by atoms with E-state index in [4.69, 9.17) is 4.74 Å². The van der Waals surface area contributed by atoms with Crippen molar-refractivity contribution in [3.8, 4) is 0 Å². The van der Waals surface area contributed by atoms with E-state index in [-0.39, 0.29) is 0 Å². The lowest BCUT2D eigenvalue weighted by Gasteiger charge is -2.33. The van der Waals surface area contributed by atoms with Gasteiger partial charge in [0.1, 0.15) is 5.82 Å². The average Bonchev–Trinajstić information content (AvgIpc) is 2.48. The van der Waals surface area contributed by atoms with E-state index < -0.39 is 0 Å². The van der Waals surface area contributed by atoms with E-state index in [1.54, 1.807) is 7.11 Å². The zero-order valence-electron chi connectivity index (χ0n) is 12.8. The van der Waals surface area contributed by atoms with E-state index in [0.717, 1.165) is 45.1 Å².